The summed E-state index contributed by atoms with van der Waals surface area (Å²) < 4.78 is 5.55. The number of carbonyl (C=O) groups is 5. The molecule has 11 heteroatoms. The Labute approximate surface area is 172 Å². The zero-order chi connectivity index (χ0) is 22.1. The minimum atomic E-state index is -1.32. The van der Waals surface area contributed by atoms with Crippen LogP contribution in [0.4, 0.5) is 0 Å². The van der Waals surface area contributed by atoms with E-state index in [1.54, 1.807) is 18.2 Å². The molecule has 162 valence electrons. The second-order valence-electron chi connectivity index (χ2n) is 6.66. The summed E-state index contributed by atoms with van der Waals surface area (Å²) in [6.45, 7) is 0.102. The van der Waals surface area contributed by atoms with E-state index in [9.17, 15) is 29.1 Å². The van der Waals surface area contributed by atoms with Crippen LogP contribution in [0.15, 0.2) is 24.3 Å². The summed E-state index contributed by atoms with van der Waals surface area (Å²) in [5.41, 5.74) is 5.25. The smallest absolute Gasteiger partial charge is 0.326 e. The molecule has 2 rings (SSSR count). The molecule has 0 aliphatic carbocycles. The van der Waals surface area contributed by atoms with Crippen LogP contribution < -0.4 is 26.4 Å². The third kappa shape index (κ3) is 6.76. The Morgan fingerprint density at radius 3 is 2.60 bits per heavy atom. The third-order valence-electron chi connectivity index (χ3n) is 4.39. The van der Waals surface area contributed by atoms with E-state index < -0.39 is 41.7 Å². The number of hydrogen-bond acceptors (Lipinski definition) is 6. The highest BCUT2D eigenvalue weighted by Gasteiger charge is 2.26. The van der Waals surface area contributed by atoms with Crippen molar-refractivity contribution < 1.29 is 33.8 Å². The second-order valence-corrected chi connectivity index (χ2v) is 6.66. The minimum absolute atomic E-state index is 0.00427. The molecule has 2 atom stereocenters. The van der Waals surface area contributed by atoms with Crippen LogP contribution >= 0.6 is 0 Å². The van der Waals surface area contributed by atoms with E-state index >= 15 is 0 Å². The van der Waals surface area contributed by atoms with Crippen LogP contribution in [-0.4, -0.2) is 59.9 Å². The number of benzene rings is 1. The first-order valence-electron chi connectivity index (χ1n) is 9.38. The van der Waals surface area contributed by atoms with Gasteiger partial charge in [0.25, 0.3) is 5.91 Å². The fraction of sp³-hybridized carbons (Fsp3) is 0.421. The van der Waals surface area contributed by atoms with Gasteiger partial charge in [-0.25, -0.2) is 4.79 Å². The monoisotopic (exact) mass is 420 g/mol. The van der Waals surface area contributed by atoms with Gasteiger partial charge in [0.1, 0.15) is 24.4 Å². The number of amides is 4. The average Bonchev–Trinajstić information content (AvgIpc) is 2.70. The predicted octanol–water partition coefficient (Wildman–Crippen LogP) is -1.09. The summed E-state index contributed by atoms with van der Waals surface area (Å²) in [4.78, 5) is 59.7. The Bertz CT molecular complexity index is 827. The van der Waals surface area contributed by atoms with Crippen LogP contribution in [0.1, 0.15) is 36.0 Å². The van der Waals surface area contributed by atoms with Crippen LogP contribution in [0.3, 0.4) is 0 Å². The molecular weight excluding hydrogens is 396 g/mol. The van der Waals surface area contributed by atoms with E-state index in [0.29, 0.717) is 0 Å². The lowest BCUT2D eigenvalue weighted by Gasteiger charge is -2.18. The van der Waals surface area contributed by atoms with Gasteiger partial charge in [-0.15, -0.1) is 0 Å². The van der Waals surface area contributed by atoms with Gasteiger partial charge < -0.3 is 31.5 Å². The van der Waals surface area contributed by atoms with Crippen molar-refractivity contribution in [3.8, 4) is 5.75 Å². The summed E-state index contributed by atoms with van der Waals surface area (Å²) in [6, 6.07) is 3.94. The zero-order valence-corrected chi connectivity index (χ0v) is 16.2. The van der Waals surface area contributed by atoms with E-state index in [1.807, 2.05) is 0 Å². The average molecular weight is 420 g/mol. The van der Waals surface area contributed by atoms with Gasteiger partial charge in [0.15, 0.2) is 0 Å². The molecule has 0 saturated heterocycles. The first-order chi connectivity index (χ1) is 14.3. The van der Waals surface area contributed by atoms with Crippen LogP contribution in [0, 0.1) is 0 Å². The SMILES string of the molecule is NC(=O)CC[C@@H]1NC(=O)CC[C@@H](C(=O)O)NC(=O)c2ccccc2OCCNC1=O. The van der Waals surface area contributed by atoms with E-state index in [1.165, 1.54) is 6.07 Å². The molecule has 1 aliphatic heterocycles. The lowest BCUT2D eigenvalue weighted by Crippen LogP contribution is -2.48. The Hall–Kier alpha value is -3.63. The van der Waals surface area contributed by atoms with Crippen molar-refractivity contribution in [3.05, 3.63) is 29.8 Å². The van der Waals surface area contributed by atoms with Gasteiger partial charge in [-0.3, -0.25) is 19.2 Å². The fourth-order valence-corrected chi connectivity index (χ4v) is 2.83. The molecule has 0 spiro atoms. The lowest BCUT2D eigenvalue weighted by molar-refractivity contribution is -0.139. The first-order valence-corrected chi connectivity index (χ1v) is 9.38. The molecule has 0 fully saturated rings. The largest absolute Gasteiger partial charge is 0.491 e. The van der Waals surface area contributed by atoms with E-state index in [-0.39, 0.29) is 50.1 Å². The maximum atomic E-state index is 12.5. The molecule has 0 bridgehead atoms. The van der Waals surface area contributed by atoms with Gasteiger partial charge in [-0.05, 0) is 25.0 Å². The van der Waals surface area contributed by atoms with Gasteiger partial charge in [-0.1, -0.05) is 12.1 Å². The number of carbonyl (C=O) groups excluding carboxylic acids is 4. The highest BCUT2D eigenvalue weighted by molar-refractivity contribution is 5.99. The summed E-state index contributed by atoms with van der Waals surface area (Å²) in [5.74, 6) is -3.48. The van der Waals surface area contributed by atoms with Gasteiger partial charge in [-0.2, -0.15) is 0 Å². The summed E-state index contributed by atoms with van der Waals surface area (Å²) in [7, 11) is 0. The highest BCUT2D eigenvalue weighted by atomic mass is 16.5. The molecule has 1 aromatic rings. The number of nitrogens with one attached hydrogen (secondary N) is 3. The number of rotatable bonds is 4. The maximum Gasteiger partial charge on any atom is 0.326 e. The number of nitrogens with two attached hydrogens (primary N) is 1. The summed E-state index contributed by atoms with van der Waals surface area (Å²) in [6.07, 6.45) is -0.568. The minimum Gasteiger partial charge on any atom is -0.491 e. The van der Waals surface area contributed by atoms with E-state index in [0.717, 1.165) is 0 Å². The molecule has 0 aromatic heterocycles. The zero-order valence-electron chi connectivity index (χ0n) is 16.2. The molecule has 6 N–H and O–H groups in total. The van der Waals surface area contributed by atoms with Crippen molar-refractivity contribution in [1.29, 1.82) is 0 Å². The predicted molar refractivity (Wildman–Crippen MR) is 103 cm³/mol. The number of aliphatic carboxylic acids is 1. The molecule has 1 aliphatic rings. The van der Waals surface area contributed by atoms with Crippen molar-refractivity contribution in [3.63, 3.8) is 0 Å². The molecule has 0 radical (unpaired) electrons. The highest BCUT2D eigenvalue weighted by Crippen LogP contribution is 2.18. The Morgan fingerprint density at radius 2 is 1.90 bits per heavy atom. The van der Waals surface area contributed by atoms with Crippen molar-refractivity contribution >= 4 is 29.6 Å². The lowest BCUT2D eigenvalue weighted by atomic mass is 10.1. The van der Waals surface area contributed by atoms with Gasteiger partial charge in [0.05, 0.1) is 12.1 Å². The number of fused-ring (bicyclic) bond motifs is 1. The molecule has 1 aromatic carbocycles. The van der Waals surface area contributed by atoms with Crippen LogP contribution in [0.25, 0.3) is 0 Å². The standard InChI is InChI=1S/C19H24N4O7/c20-15(24)7-5-12-18(27)21-9-10-30-14-4-2-1-3-11(14)17(26)23-13(19(28)29)6-8-16(25)22-12/h1-4,12-13H,5-10H2,(H2,20,24)(H,21,27)(H,22,25)(H,23,26)(H,28,29)/t12-,13-/m0/s1. The van der Waals surface area contributed by atoms with Crippen molar-refractivity contribution in [2.24, 2.45) is 5.73 Å². The van der Waals surface area contributed by atoms with Crippen LogP contribution in [-0.2, 0) is 19.2 Å². The van der Waals surface area contributed by atoms with Crippen molar-refractivity contribution in [2.45, 2.75) is 37.8 Å². The Balaban J connectivity index is 2.23. The normalized spacial score (nSPS) is 20.9. The van der Waals surface area contributed by atoms with E-state index in [4.69, 9.17) is 10.5 Å². The van der Waals surface area contributed by atoms with Gasteiger partial charge in [0, 0.05) is 12.8 Å². The van der Waals surface area contributed by atoms with Crippen LogP contribution in [0.2, 0.25) is 0 Å². The fourth-order valence-electron chi connectivity index (χ4n) is 2.83. The molecule has 4 amide bonds. The number of para-hydroxylation sites is 1. The van der Waals surface area contributed by atoms with E-state index in [2.05, 4.69) is 16.0 Å². The first kappa shape index (κ1) is 22.7. The Kier molecular flexibility index (Phi) is 8.15. The summed E-state index contributed by atoms with van der Waals surface area (Å²) in [5, 5.41) is 16.8. The topological polar surface area (TPSA) is 177 Å². The second kappa shape index (κ2) is 10.8. The molecule has 30 heavy (non-hydrogen) atoms. The number of carboxylic acid groups (broad SMARTS) is 1. The van der Waals surface area contributed by atoms with Gasteiger partial charge >= 0.3 is 5.97 Å². The molecule has 1 heterocycles. The van der Waals surface area contributed by atoms with Gasteiger partial charge in [0.2, 0.25) is 17.7 Å². The number of primary amides is 1. The number of carboxylic acids is 1. The summed E-state index contributed by atoms with van der Waals surface area (Å²) >= 11 is 0. The van der Waals surface area contributed by atoms with Crippen molar-refractivity contribution in [1.82, 2.24) is 16.0 Å². The Morgan fingerprint density at radius 1 is 1.17 bits per heavy atom. The number of hydrogen-bond donors (Lipinski definition) is 5. The molecule has 0 unspecified atom stereocenters. The quantitative estimate of drug-likeness (QED) is 0.411. The molecule has 11 nitrogen and oxygen atoms in total. The van der Waals surface area contributed by atoms with Crippen molar-refractivity contribution in [2.75, 3.05) is 13.2 Å². The molecular formula is C19H24N4O7. The maximum absolute atomic E-state index is 12.5. The van der Waals surface area contributed by atoms with Crippen LogP contribution in [0.5, 0.6) is 5.75 Å². The molecule has 0 saturated carbocycles. The third-order valence-corrected chi connectivity index (χ3v) is 4.39. The number of ether oxygens (including phenoxy) is 1.